The maximum Gasteiger partial charge on any atom is 0.250 e. The van der Waals surface area contributed by atoms with Crippen LogP contribution in [0.4, 0.5) is 11.4 Å². The summed E-state index contributed by atoms with van der Waals surface area (Å²) in [7, 11) is -2.36. The van der Waals surface area contributed by atoms with Gasteiger partial charge in [-0.2, -0.15) is 0 Å². The van der Waals surface area contributed by atoms with E-state index in [-0.39, 0.29) is 6.54 Å². The molecule has 3 rings (SSSR count). The molecule has 2 aromatic rings. The lowest BCUT2D eigenvalue weighted by Crippen LogP contribution is -2.45. The summed E-state index contributed by atoms with van der Waals surface area (Å²) in [6, 6.07) is 13.4. The van der Waals surface area contributed by atoms with E-state index < -0.39 is 27.2 Å². The number of methoxy groups -OCH3 is 1. The Labute approximate surface area is 169 Å². The average molecular weight is 420 g/mol. The first-order valence-electron chi connectivity index (χ1n) is 9.10. The van der Waals surface area contributed by atoms with Crippen LogP contribution in [0.3, 0.4) is 0 Å². The Balaban J connectivity index is 1.70. The number of sulfonamides is 1. The second kappa shape index (κ2) is 9.12. The van der Waals surface area contributed by atoms with Crippen LogP contribution in [-0.2, 0) is 14.8 Å². The Morgan fingerprint density at radius 2 is 1.90 bits per heavy atom. The Morgan fingerprint density at radius 3 is 2.59 bits per heavy atom. The molecule has 0 saturated carbocycles. The van der Waals surface area contributed by atoms with Crippen molar-refractivity contribution in [3.05, 3.63) is 48.5 Å². The first-order chi connectivity index (χ1) is 13.9. The van der Waals surface area contributed by atoms with Crippen molar-refractivity contribution in [2.24, 2.45) is 5.92 Å². The number of anilines is 2. The van der Waals surface area contributed by atoms with E-state index in [0.29, 0.717) is 29.5 Å². The summed E-state index contributed by atoms with van der Waals surface area (Å²) in [5.41, 5.74) is 6.34. The van der Waals surface area contributed by atoms with E-state index in [0.717, 1.165) is 0 Å². The lowest BCUT2D eigenvalue weighted by atomic mass is 10.1. The van der Waals surface area contributed by atoms with Gasteiger partial charge < -0.3 is 14.8 Å². The summed E-state index contributed by atoms with van der Waals surface area (Å²) in [6.07, 6.45) is 0. The number of hydrazine groups is 1. The third-order valence-corrected chi connectivity index (χ3v) is 6.00. The molecule has 1 heterocycles. The molecule has 2 unspecified atom stereocenters. The van der Waals surface area contributed by atoms with Crippen LogP contribution in [0.25, 0.3) is 0 Å². The molecule has 0 spiro atoms. The largest absolute Gasteiger partial charge is 0.497 e. The highest BCUT2D eigenvalue weighted by Gasteiger charge is 2.42. The standard InChI is InChI=1S/C19H24N4O5S/c1-3-28-15-9-7-13(8-10-15)23-29(25,26)19-17(12-20-22-19)18(24)21-14-5-4-6-16(11-14)27-2/h4-11,17,19-20,22-23H,3,12H2,1-2H3,(H,21,24). The minimum atomic E-state index is -3.89. The molecule has 0 aromatic heterocycles. The van der Waals surface area contributed by atoms with Gasteiger partial charge in [0.1, 0.15) is 11.5 Å². The minimum absolute atomic E-state index is 0.171. The van der Waals surface area contributed by atoms with Gasteiger partial charge in [0.15, 0.2) is 5.37 Å². The summed E-state index contributed by atoms with van der Waals surface area (Å²) >= 11 is 0. The topological polar surface area (TPSA) is 118 Å². The van der Waals surface area contributed by atoms with Crippen molar-refractivity contribution in [3.8, 4) is 11.5 Å². The van der Waals surface area contributed by atoms with E-state index in [2.05, 4.69) is 20.9 Å². The van der Waals surface area contributed by atoms with Crippen LogP contribution in [0, 0.1) is 5.92 Å². The predicted octanol–water partition coefficient (Wildman–Crippen LogP) is 1.52. The van der Waals surface area contributed by atoms with Crippen LogP contribution in [0.15, 0.2) is 48.5 Å². The first kappa shape index (κ1) is 20.9. The number of hydrogen-bond acceptors (Lipinski definition) is 7. The Hall–Kier alpha value is -2.82. The van der Waals surface area contributed by atoms with Gasteiger partial charge in [0, 0.05) is 24.0 Å². The van der Waals surface area contributed by atoms with Crippen molar-refractivity contribution >= 4 is 27.3 Å². The van der Waals surface area contributed by atoms with Crippen LogP contribution in [0.1, 0.15) is 6.92 Å². The number of nitrogens with one attached hydrogen (secondary N) is 4. The van der Waals surface area contributed by atoms with E-state index in [1.807, 2.05) is 6.92 Å². The monoisotopic (exact) mass is 420 g/mol. The van der Waals surface area contributed by atoms with Gasteiger partial charge in [-0.05, 0) is 43.3 Å². The molecule has 0 aliphatic carbocycles. The SMILES string of the molecule is CCOc1ccc(NS(=O)(=O)C2NNCC2C(=O)Nc2cccc(OC)c2)cc1. The number of rotatable bonds is 8. The Morgan fingerprint density at radius 1 is 1.14 bits per heavy atom. The summed E-state index contributed by atoms with van der Waals surface area (Å²) in [4.78, 5) is 12.7. The van der Waals surface area contributed by atoms with Crippen LogP contribution < -0.4 is 30.4 Å². The molecular formula is C19H24N4O5S. The molecule has 2 atom stereocenters. The Bertz CT molecular complexity index is 949. The molecule has 0 bridgehead atoms. The molecule has 1 aliphatic heterocycles. The van der Waals surface area contributed by atoms with Crippen LogP contribution >= 0.6 is 0 Å². The fourth-order valence-electron chi connectivity index (χ4n) is 2.95. The first-order valence-corrected chi connectivity index (χ1v) is 10.7. The lowest BCUT2D eigenvalue weighted by Gasteiger charge is -2.19. The van der Waals surface area contributed by atoms with E-state index >= 15 is 0 Å². The Kier molecular flexibility index (Phi) is 6.57. The predicted molar refractivity (Wildman–Crippen MR) is 110 cm³/mol. The number of amides is 1. The smallest absolute Gasteiger partial charge is 0.250 e. The van der Waals surface area contributed by atoms with Crippen molar-refractivity contribution in [1.82, 2.24) is 10.9 Å². The highest BCUT2D eigenvalue weighted by atomic mass is 32.2. The minimum Gasteiger partial charge on any atom is -0.497 e. The van der Waals surface area contributed by atoms with E-state index in [1.165, 1.54) is 7.11 Å². The fraction of sp³-hybridized carbons (Fsp3) is 0.316. The molecular weight excluding hydrogens is 396 g/mol. The van der Waals surface area contributed by atoms with Gasteiger partial charge >= 0.3 is 0 Å². The number of benzene rings is 2. The van der Waals surface area contributed by atoms with Gasteiger partial charge in [0.2, 0.25) is 5.91 Å². The molecule has 29 heavy (non-hydrogen) atoms. The van der Waals surface area contributed by atoms with Crippen LogP contribution in [0.5, 0.6) is 11.5 Å². The molecule has 1 aliphatic rings. The third kappa shape index (κ3) is 5.17. The summed E-state index contributed by atoms with van der Waals surface area (Å²) in [6.45, 7) is 2.56. The van der Waals surface area contributed by atoms with Gasteiger partial charge in [-0.15, -0.1) is 0 Å². The zero-order valence-electron chi connectivity index (χ0n) is 16.1. The zero-order valence-corrected chi connectivity index (χ0v) is 17.0. The molecule has 1 fully saturated rings. The van der Waals surface area contributed by atoms with Crippen molar-refractivity contribution in [2.45, 2.75) is 12.3 Å². The molecule has 10 heteroatoms. The normalized spacial score (nSPS) is 18.8. The van der Waals surface area contributed by atoms with E-state index in [1.54, 1.807) is 48.5 Å². The molecule has 1 saturated heterocycles. The maximum absolute atomic E-state index is 12.8. The average Bonchev–Trinajstić information content (AvgIpc) is 3.21. The van der Waals surface area contributed by atoms with Crippen molar-refractivity contribution in [2.75, 3.05) is 30.3 Å². The summed E-state index contributed by atoms with van der Waals surface area (Å²) in [5, 5.41) is 1.60. The number of ether oxygens (including phenoxy) is 2. The van der Waals surface area contributed by atoms with Gasteiger partial charge in [-0.3, -0.25) is 14.9 Å². The van der Waals surface area contributed by atoms with Gasteiger partial charge in [0.05, 0.1) is 19.6 Å². The molecule has 0 radical (unpaired) electrons. The summed E-state index contributed by atoms with van der Waals surface area (Å²) in [5.74, 6) is -0.0160. The highest BCUT2D eigenvalue weighted by molar-refractivity contribution is 7.93. The van der Waals surface area contributed by atoms with Gasteiger partial charge in [-0.25, -0.2) is 13.8 Å². The van der Waals surface area contributed by atoms with Crippen molar-refractivity contribution < 1.29 is 22.7 Å². The van der Waals surface area contributed by atoms with Crippen molar-refractivity contribution in [3.63, 3.8) is 0 Å². The highest BCUT2D eigenvalue weighted by Crippen LogP contribution is 2.23. The second-order valence-corrected chi connectivity index (χ2v) is 8.18. The fourth-order valence-corrected chi connectivity index (χ4v) is 4.43. The van der Waals surface area contributed by atoms with E-state index in [9.17, 15) is 13.2 Å². The quantitative estimate of drug-likeness (QED) is 0.511. The van der Waals surface area contributed by atoms with E-state index in [4.69, 9.17) is 9.47 Å². The summed E-state index contributed by atoms with van der Waals surface area (Å²) < 4.78 is 38.7. The lowest BCUT2D eigenvalue weighted by molar-refractivity contribution is -0.119. The zero-order chi connectivity index (χ0) is 20.9. The molecule has 2 aromatic carbocycles. The van der Waals surface area contributed by atoms with Gasteiger partial charge in [-0.1, -0.05) is 6.07 Å². The number of carbonyl (C=O) groups excluding carboxylic acids is 1. The van der Waals surface area contributed by atoms with Gasteiger partial charge in [0.25, 0.3) is 10.0 Å². The number of hydrogen-bond donors (Lipinski definition) is 4. The molecule has 4 N–H and O–H groups in total. The number of carbonyl (C=O) groups is 1. The molecule has 9 nitrogen and oxygen atoms in total. The maximum atomic E-state index is 12.8. The van der Waals surface area contributed by atoms with Crippen LogP contribution in [-0.4, -0.2) is 40.0 Å². The third-order valence-electron chi connectivity index (χ3n) is 4.37. The molecule has 1 amide bonds. The molecule has 156 valence electrons. The van der Waals surface area contributed by atoms with Crippen molar-refractivity contribution in [1.29, 1.82) is 0 Å². The second-order valence-electron chi connectivity index (χ2n) is 6.38. The van der Waals surface area contributed by atoms with Crippen LogP contribution in [0.2, 0.25) is 0 Å².